The molecular formula is C17H19NO2. The zero-order chi connectivity index (χ0) is 14.4. The first-order chi connectivity index (χ1) is 9.65. The van der Waals surface area contributed by atoms with E-state index in [1.165, 1.54) is 0 Å². The number of ether oxygens (including phenoxy) is 1. The average Bonchev–Trinajstić information content (AvgIpc) is 2.45. The molecule has 104 valence electrons. The maximum Gasteiger partial charge on any atom is 0.338 e. The Balaban J connectivity index is 1.98. The summed E-state index contributed by atoms with van der Waals surface area (Å²) in [4.78, 5) is 14.1. The minimum absolute atomic E-state index is 0.283. The van der Waals surface area contributed by atoms with E-state index in [0.29, 0.717) is 12.2 Å². The molecule has 0 unspecified atom stereocenters. The van der Waals surface area contributed by atoms with Gasteiger partial charge in [-0.1, -0.05) is 42.5 Å². The third-order valence-electron chi connectivity index (χ3n) is 2.87. The predicted octanol–water partition coefficient (Wildman–Crippen LogP) is 3.11. The van der Waals surface area contributed by atoms with Crippen molar-refractivity contribution in [2.75, 3.05) is 14.1 Å². The molecule has 0 heterocycles. The second kappa shape index (κ2) is 6.87. The summed E-state index contributed by atoms with van der Waals surface area (Å²) in [5.41, 5.74) is 2.69. The molecule has 0 radical (unpaired) electrons. The molecule has 0 atom stereocenters. The Morgan fingerprint density at radius 1 is 1.00 bits per heavy atom. The van der Waals surface area contributed by atoms with Crippen molar-refractivity contribution in [1.29, 1.82) is 0 Å². The molecule has 3 heteroatoms. The Kier molecular flexibility index (Phi) is 4.91. The van der Waals surface area contributed by atoms with Gasteiger partial charge < -0.3 is 9.64 Å². The number of rotatable bonds is 5. The lowest BCUT2D eigenvalue weighted by Gasteiger charge is -2.10. The van der Waals surface area contributed by atoms with Gasteiger partial charge in [-0.15, -0.1) is 0 Å². The zero-order valence-electron chi connectivity index (χ0n) is 11.9. The maximum absolute atomic E-state index is 12.0. The molecule has 0 aliphatic carbocycles. The van der Waals surface area contributed by atoms with Crippen LogP contribution in [0.2, 0.25) is 0 Å². The zero-order valence-corrected chi connectivity index (χ0v) is 11.9. The molecule has 0 aliphatic rings. The van der Waals surface area contributed by atoms with Gasteiger partial charge in [-0.25, -0.2) is 4.79 Å². The van der Waals surface area contributed by atoms with Crippen LogP contribution in [0.5, 0.6) is 0 Å². The number of hydrogen-bond donors (Lipinski definition) is 0. The summed E-state index contributed by atoms with van der Waals surface area (Å²) in [6.07, 6.45) is 0. The summed E-state index contributed by atoms with van der Waals surface area (Å²) < 4.78 is 5.32. The number of carbonyl (C=O) groups is 1. The van der Waals surface area contributed by atoms with Crippen molar-refractivity contribution in [1.82, 2.24) is 4.90 Å². The van der Waals surface area contributed by atoms with E-state index in [2.05, 4.69) is 4.90 Å². The Hall–Kier alpha value is -2.13. The van der Waals surface area contributed by atoms with E-state index in [0.717, 1.165) is 17.7 Å². The summed E-state index contributed by atoms with van der Waals surface area (Å²) in [5.74, 6) is -0.283. The second-order valence-electron chi connectivity index (χ2n) is 5.00. The van der Waals surface area contributed by atoms with Crippen molar-refractivity contribution >= 4 is 5.97 Å². The van der Waals surface area contributed by atoms with Gasteiger partial charge in [0.15, 0.2) is 0 Å². The third kappa shape index (κ3) is 4.21. The lowest BCUT2D eigenvalue weighted by atomic mass is 10.1. The summed E-state index contributed by atoms with van der Waals surface area (Å²) in [6, 6.07) is 17.2. The predicted molar refractivity (Wildman–Crippen MR) is 79.4 cm³/mol. The third-order valence-corrected chi connectivity index (χ3v) is 2.87. The monoisotopic (exact) mass is 269 g/mol. The summed E-state index contributed by atoms with van der Waals surface area (Å²) in [6.45, 7) is 1.11. The van der Waals surface area contributed by atoms with Gasteiger partial charge in [0, 0.05) is 6.54 Å². The Labute approximate surface area is 119 Å². The molecule has 0 bridgehead atoms. The van der Waals surface area contributed by atoms with Gasteiger partial charge >= 0.3 is 5.97 Å². The van der Waals surface area contributed by atoms with E-state index in [1.54, 1.807) is 6.07 Å². The number of nitrogens with zero attached hydrogens (tertiary/aromatic N) is 1. The molecule has 0 fully saturated rings. The van der Waals surface area contributed by atoms with Crippen molar-refractivity contribution in [3.05, 3.63) is 71.3 Å². The number of benzene rings is 2. The molecule has 0 amide bonds. The molecule has 0 aliphatic heterocycles. The topological polar surface area (TPSA) is 29.5 Å². The summed E-state index contributed by atoms with van der Waals surface area (Å²) in [7, 11) is 4.00. The van der Waals surface area contributed by atoms with E-state index in [-0.39, 0.29) is 5.97 Å². The molecule has 20 heavy (non-hydrogen) atoms. The highest BCUT2D eigenvalue weighted by Crippen LogP contribution is 2.10. The molecule has 0 saturated heterocycles. The average molecular weight is 269 g/mol. The highest BCUT2D eigenvalue weighted by Gasteiger charge is 2.08. The van der Waals surface area contributed by atoms with Gasteiger partial charge in [0.05, 0.1) is 5.56 Å². The van der Waals surface area contributed by atoms with Crippen molar-refractivity contribution in [2.45, 2.75) is 13.2 Å². The standard InChI is InChI=1S/C17H19NO2/c1-18(2)12-15-9-6-10-16(11-15)17(19)20-13-14-7-4-3-5-8-14/h3-11H,12-13H2,1-2H3. The smallest absolute Gasteiger partial charge is 0.338 e. The van der Waals surface area contributed by atoms with E-state index in [4.69, 9.17) is 4.74 Å². The second-order valence-corrected chi connectivity index (χ2v) is 5.00. The molecule has 2 aromatic rings. The summed E-state index contributed by atoms with van der Waals surface area (Å²) in [5, 5.41) is 0. The van der Waals surface area contributed by atoms with Gasteiger partial charge in [0.2, 0.25) is 0 Å². The highest BCUT2D eigenvalue weighted by atomic mass is 16.5. The quantitative estimate of drug-likeness (QED) is 0.781. The van der Waals surface area contributed by atoms with E-state index < -0.39 is 0 Å². The maximum atomic E-state index is 12.0. The highest BCUT2D eigenvalue weighted by molar-refractivity contribution is 5.89. The number of carbonyl (C=O) groups excluding carboxylic acids is 1. The van der Waals surface area contributed by atoms with Crippen LogP contribution in [0.15, 0.2) is 54.6 Å². The number of esters is 1. The van der Waals surface area contributed by atoms with Crippen LogP contribution in [0.1, 0.15) is 21.5 Å². The Morgan fingerprint density at radius 2 is 1.70 bits per heavy atom. The van der Waals surface area contributed by atoms with Crippen LogP contribution in [0.3, 0.4) is 0 Å². The van der Waals surface area contributed by atoms with Crippen LogP contribution >= 0.6 is 0 Å². The van der Waals surface area contributed by atoms with E-state index >= 15 is 0 Å². The van der Waals surface area contributed by atoms with Gasteiger partial charge in [-0.2, -0.15) is 0 Å². The summed E-state index contributed by atoms with van der Waals surface area (Å²) >= 11 is 0. The fraction of sp³-hybridized carbons (Fsp3) is 0.235. The van der Waals surface area contributed by atoms with Crippen LogP contribution < -0.4 is 0 Å². The van der Waals surface area contributed by atoms with Gasteiger partial charge in [0.1, 0.15) is 6.61 Å². The molecule has 2 aromatic carbocycles. The minimum Gasteiger partial charge on any atom is -0.457 e. The van der Waals surface area contributed by atoms with Gasteiger partial charge in [-0.05, 0) is 37.4 Å². The molecule has 0 N–H and O–H groups in total. The normalized spacial score (nSPS) is 10.6. The van der Waals surface area contributed by atoms with Gasteiger partial charge in [0.25, 0.3) is 0 Å². The fourth-order valence-corrected chi connectivity index (χ4v) is 1.97. The molecule has 0 spiro atoms. The largest absolute Gasteiger partial charge is 0.457 e. The molecular weight excluding hydrogens is 250 g/mol. The SMILES string of the molecule is CN(C)Cc1cccc(C(=O)OCc2ccccc2)c1. The van der Waals surface area contributed by atoms with E-state index in [9.17, 15) is 4.79 Å². The lowest BCUT2D eigenvalue weighted by molar-refractivity contribution is 0.0472. The fourth-order valence-electron chi connectivity index (χ4n) is 1.97. The minimum atomic E-state index is -0.283. The van der Waals surface area contributed by atoms with Crippen LogP contribution in [0.4, 0.5) is 0 Å². The Morgan fingerprint density at radius 3 is 2.40 bits per heavy atom. The van der Waals surface area contributed by atoms with Crippen molar-refractivity contribution in [3.63, 3.8) is 0 Å². The van der Waals surface area contributed by atoms with Crippen molar-refractivity contribution < 1.29 is 9.53 Å². The Bertz CT molecular complexity index is 564. The molecule has 3 nitrogen and oxygen atoms in total. The van der Waals surface area contributed by atoms with E-state index in [1.807, 2.05) is 62.6 Å². The van der Waals surface area contributed by atoms with Gasteiger partial charge in [-0.3, -0.25) is 0 Å². The lowest BCUT2D eigenvalue weighted by Crippen LogP contribution is -2.12. The first-order valence-corrected chi connectivity index (χ1v) is 6.60. The van der Waals surface area contributed by atoms with Crippen LogP contribution in [-0.2, 0) is 17.9 Å². The first kappa shape index (κ1) is 14.3. The van der Waals surface area contributed by atoms with Crippen molar-refractivity contribution in [2.24, 2.45) is 0 Å². The van der Waals surface area contributed by atoms with Crippen LogP contribution in [0, 0.1) is 0 Å². The molecule has 0 saturated carbocycles. The van der Waals surface area contributed by atoms with Crippen LogP contribution in [0.25, 0.3) is 0 Å². The molecule has 0 aromatic heterocycles. The van der Waals surface area contributed by atoms with Crippen molar-refractivity contribution in [3.8, 4) is 0 Å². The number of hydrogen-bond acceptors (Lipinski definition) is 3. The first-order valence-electron chi connectivity index (χ1n) is 6.60. The van der Waals surface area contributed by atoms with Crippen LogP contribution in [-0.4, -0.2) is 25.0 Å². The molecule has 2 rings (SSSR count).